The van der Waals surface area contributed by atoms with Crippen molar-refractivity contribution >= 4 is 58.1 Å². The average molecular weight is 416 g/mol. The lowest BCUT2D eigenvalue weighted by atomic mass is 10.2. The van der Waals surface area contributed by atoms with Crippen LogP contribution < -0.4 is 5.32 Å². The first kappa shape index (κ1) is 18.0. The molecule has 0 radical (unpaired) electrons. The number of pyridine rings is 1. The van der Waals surface area contributed by atoms with Crippen molar-refractivity contribution in [3.8, 4) is 5.82 Å². The standard InChI is InChI=1S/C16H10Cl4N4O/c1-8-4-14(22-16(25)9-2-3-11(18)12(19)5-9)24(23-8)15-13(20)6-10(17)7-21-15/h2-7H,1H3,(H,22,25). The summed E-state index contributed by atoms with van der Waals surface area (Å²) in [6.07, 6.45) is 1.45. The Balaban J connectivity index is 1.95. The number of nitrogens with zero attached hydrogens (tertiary/aromatic N) is 3. The first-order chi connectivity index (χ1) is 11.8. The molecule has 1 N–H and O–H groups in total. The zero-order chi connectivity index (χ0) is 18.1. The molecule has 0 bridgehead atoms. The number of carbonyl (C=O) groups is 1. The molecule has 0 aliphatic rings. The Kier molecular flexibility index (Phi) is 5.20. The molecule has 5 nitrogen and oxygen atoms in total. The maximum absolute atomic E-state index is 12.5. The summed E-state index contributed by atoms with van der Waals surface area (Å²) in [6.45, 7) is 1.79. The second-order valence-corrected chi connectivity index (χ2v) is 6.78. The number of rotatable bonds is 3. The van der Waals surface area contributed by atoms with E-state index in [2.05, 4.69) is 15.4 Å². The van der Waals surface area contributed by atoms with Crippen LogP contribution in [0.2, 0.25) is 20.1 Å². The monoisotopic (exact) mass is 414 g/mol. The molecule has 128 valence electrons. The molecule has 0 aliphatic heterocycles. The van der Waals surface area contributed by atoms with Gasteiger partial charge in [0, 0.05) is 17.8 Å². The number of halogens is 4. The Hall–Kier alpha value is -1.79. The van der Waals surface area contributed by atoms with Crippen LogP contribution in [0.5, 0.6) is 0 Å². The van der Waals surface area contributed by atoms with Crippen LogP contribution in [0, 0.1) is 6.92 Å². The SMILES string of the molecule is Cc1cc(NC(=O)c2ccc(Cl)c(Cl)c2)n(-c2ncc(Cl)cc2Cl)n1. The second-order valence-electron chi connectivity index (χ2n) is 5.12. The number of amides is 1. The Morgan fingerprint density at radius 1 is 1.04 bits per heavy atom. The summed E-state index contributed by atoms with van der Waals surface area (Å²) in [4.78, 5) is 16.7. The van der Waals surface area contributed by atoms with E-state index in [9.17, 15) is 4.79 Å². The number of aryl methyl sites for hydroxylation is 1. The van der Waals surface area contributed by atoms with Crippen LogP contribution in [-0.4, -0.2) is 20.7 Å². The molecule has 25 heavy (non-hydrogen) atoms. The molecule has 0 fully saturated rings. The fraction of sp³-hybridized carbons (Fsp3) is 0.0625. The molecule has 0 atom stereocenters. The number of hydrogen-bond acceptors (Lipinski definition) is 3. The molecule has 0 saturated heterocycles. The van der Waals surface area contributed by atoms with Crippen molar-refractivity contribution in [1.82, 2.24) is 14.8 Å². The molecule has 0 aliphatic carbocycles. The first-order valence-corrected chi connectivity index (χ1v) is 8.51. The van der Waals surface area contributed by atoms with Crippen molar-refractivity contribution in [2.75, 3.05) is 5.32 Å². The maximum atomic E-state index is 12.5. The third kappa shape index (κ3) is 3.90. The first-order valence-electron chi connectivity index (χ1n) is 6.99. The molecule has 1 aromatic carbocycles. The summed E-state index contributed by atoms with van der Waals surface area (Å²) >= 11 is 23.9. The van der Waals surface area contributed by atoms with Crippen LogP contribution in [-0.2, 0) is 0 Å². The summed E-state index contributed by atoms with van der Waals surface area (Å²) < 4.78 is 1.43. The third-order valence-electron chi connectivity index (χ3n) is 3.24. The van der Waals surface area contributed by atoms with Crippen LogP contribution in [0.1, 0.15) is 16.1 Å². The molecule has 1 amide bonds. The molecular weight excluding hydrogens is 406 g/mol. The quantitative estimate of drug-likeness (QED) is 0.619. The summed E-state index contributed by atoms with van der Waals surface area (Å²) in [5, 5.41) is 8.45. The van der Waals surface area contributed by atoms with Gasteiger partial charge in [0.25, 0.3) is 5.91 Å². The van der Waals surface area contributed by atoms with Gasteiger partial charge in [-0.25, -0.2) is 4.98 Å². The zero-order valence-electron chi connectivity index (χ0n) is 12.7. The van der Waals surface area contributed by atoms with Crippen molar-refractivity contribution in [2.45, 2.75) is 6.92 Å². The van der Waals surface area contributed by atoms with Crippen LogP contribution in [0.3, 0.4) is 0 Å². The highest BCUT2D eigenvalue weighted by atomic mass is 35.5. The van der Waals surface area contributed by atoms with Crippen LogP contribution >= 0.6 is 46.4 Å². The van der Waals surface area contributed by atoms with E-state index in [1.807, 2.05) is 0 Å². The van der Waals surface area contributed by atoms with Gasteiger partial charge in [0.1, 0.15) is 5.82 Å². The lowest BCUT2D eigenvalue weighted by Gasteiger charge is -2.10. The van der Waals surface area contributed by atoms with Gasteiger partial charge in [-0.2, -0.15) is 9.78 Å². The lowest BCUT2D eigenvalue weighted by molar-refractivity contribution is 0.102. The van der Waals surface area contributed by atoms with E-state index < -0.39 is 0 Å². The zero-order valence-corrected chi connectivity index (χ0v) is 15.7. The number of benzene rings is 1. The topological polar surface area (TPSA) is 59.8 Å². The minimum absolute atomic E-state index is 0.293. The largest absolute Gasteiger partial charge is 0.306 e. The lowest BCUT2D eigenvalue weighted by Crippen LogP contribution is -2.15. The molecule has 3 rings (SSSR count). The van der Waals surface area contributed by atoms with Crippen molar-refractivity contribution in [3.05, 3.63) is 67.9 Å². The van der Waals surface area contributed by atoms with Gasteiger partial charge >= 0.3 is 0 Å². The van der Waals surface area contributed by atoms with Crippen LogP contribution in [0.25, 0.3) is 5.82 Å². The van der Waals surface area contributed by atoms with Crippen LogP contribution in [0.15, 0.2) is 36.5 Å². The predicted molar refractivity (Wildman–Crippen MR) is 101 cm³/mol. The number of aromatic nitrogens is 3. The van der Waals surface area contributed by atoms with E-state index in [1.165, 1.54) is 16.9 Å². The normalized spacial score (nSPS) is 10.8. The van der Waals surface area contributed by atoms with Gasteiger partial charge in [-0.05, 0) is 31.2 Å². The Morgan fingerprint density at radius 3 is 2.48 bits per heavy atom. The smallest absolute Gasteiger partial charge is 0.256 e. The summed E-state index contributed by atoms with van der Waals surface area (Å²) in [5.74, 6) is 0.388. The molecule has 2 aromatic heterocycles. The fourth-order valence-electron chi connectivity index (χ4n) is 2.14. The van der Waals surface area contributed by atoms with Gasteiger partial charge in [-0.15, -0.1) is 0 Å². The van der Waals surface area contributed by atoms with Crippen molar-refractivity contribution in [3.63, 3.8) is 0 Å². The second kappa shape index (κ2) is 7.22. The van der Waals surface area contributed by atoms with Gasteiger partial charge in [0.15, 0.2) is 5.82 Å². The summed E-state index contributed by atoms with van der Waals surface area (Å²) in [7, 11) is 0. The highest BCUT2D eigenvalue weighted by Gasteiger charge is 2.16. The molecule has 3 aromatic rings. The molecule has 9 heteroatoms. The van der Waals surface area contributed by atoms with Gasteiger partial charge in [-0.3, -0.25) is 4.79 Å². The minimum atomic E-state index is -0.371. The number of hydrogen-bond donors (Lipinski definition) is 1. The minimum Gasteiger partial charge on any atom is -0.306 e. The predicted octanol–water partition coefficient (Wildman–Crippen LogP) is 5.44. The highest BCUT2D eigenvalue weighted by Crippen LogP contribution is 2.26. The fourth-order valence-corrected chi connectivity index (χ4v) is 2.90. The summed E-state index contributed by atoms with van der Waals surface area (Å²) in [5.41, 5.74) is 1.03. The molecule has 2 heterocycles. The molecule has 0 unspecified atom stereocenters. The van der Waals surface area contributed by atoms with Gasteiger partial charge in [0.2, 0.25) is 0 Å². The van der Waals surface area contributed by atoms with E-state index in [1.54, 1.807) is 31.2 Å². The molecule has 0 spiro atoms. The van der Waals surface area contributed by atoms with Gasteiger partial charge in [0.05, 0.1) is 25.8 Å². The van der Waals surface area contributed by atoms with Gasteiger partial charge in [-0.1, -0.05) is 46.4 Å². The van der Waals surface area contributed by atoms with E-state index in [4.69, 9.17) is 46.4 Å². The summed E-state index contributed by atoms with van der Waals surface area (Å²) in [6, 6.07) is 7.86. The highest BCUT2D eigenvalue weighted by molar-refractivity contribution is 6.42. The molecule has 0 saturated carbocycles. The van der Waals surface area contributed by atoms with Crippen molar-refractivity contribution < 1.29 is 4.79 Å². The number of carbonyl (C=O) groups excluding carboxylic acids is 1. The Morgan fingerprint density at radius 2 is 1.80 bits per heavy atom. The van der Waals surface area contributed by atoms with Crippen LogP contribution in [0.4, 0.5) is 5.82 Å². The van der Waals surface area contributed by atoms with E-state index in [0.717, 1.165) is 0 Å². The molecular formula is C16H10Cl4N4O. The van der Waals surface area contributed by atoms with Gasteiger partial charge < -0.3 is 5.32 Å². The van der Waals surface area contributed by atoms with Crippen molar-refractivity contribution in [1.29, 1.82) is 0 Å². The number of anilines is 1. The van der Waals surface area contributed by atoms with E-state index in [-0.39, 0.29) is 5.91 Å². The number of nitrogens with one attached hydrogen (secondary N) is 1. The Labute approximate surface area is 163 Å². The third-order valence-corrected chi connectivity index (χ3v) is 4.47. The average Bonchev–Trinajstić information content (AvgIpc) is 2.90. The maximum Gasteiger partial charge on any atom is 0.256 e. The van der Waals surface area contributed by atoms with Crippen molar-refractivity contribution in [2.24, 2.45) is 0 Å². The van der Waals surface area contributed by atoms with E-state index >= 15 is 0 Å². The Bertz CT molecular complexity index is 971. The van der Waals surface area contributed by atoms with E-state index in [0.29, 0.717) is 43.0 Å².